The van der Waals surface area contributed by atoms with Crippen LogP contribution in [0.2, 0.25) is 0 Å². The van der Waals surface area contributed by atoms with Crippen LogP contribution in [0.25, 0.3) is 0 Å². The van der Waals surface area contributed by atoms with Gasteiger partial charge in [-0.1, -0.05) is 30.3 Å². The molecule has 0 spiro atoms. The van der Waals surface area contributed by atoms with E-state index in [9.17, 15) is 14.4 Å². The Morgan fingerprint density at radius 2 is 1.72 bits per heavy atom. The number of benzene rings is 2. The fourth-order valence-electron chi connectivity index (χ4n) is 3.27. The van der Waals surface area contributed by atoms with Crippen LogP contribution in [0.5, 0.6) is 5.75 Å². The lowest BCUT2D eigenvalue weighted by atomic mass is 10.1. The number of carbonyl (C=O) groups excluding carboxylic acids is 3. The molecular formula is C22H25N3O4. The minimum atomic E-state index is -0.601. The highest BCUT2D eigenvalue weighted by Crippen LogP contribution is 2.33. The molecule has 29 heavy (non-hydrogen) atoms. The van der Waals surface area contributed by atoms with Crippen LogP contribution in [0, 0.1) is 13.8 Å². The number of nitrogens with one attached hydrogen (secondary N) is 2. The van der Waals surface area contributed by atoms with Crippen molar-refractivity contribution >= 4 is 29.1 Å². The smallest absolute Gasteiger partial charge is 0.267 e. The fourth-order valence-corrected chi connectivity index (χ4v) is 3.27. The first-order valence-corrected chi connectivity index (χ1v) is 9.56. The molecule has 1 atom stereocenters. The Hall–Kier alpha value is -3.35. The van der Waals surface area contributed by atoms with Gasteiger partial charge in [0, 0.05) is 18.7 Å². The number of fused-ring (bicyclic) bond motifs is 1. The second-order valence-corrected chi connectivity index (χ2v) is 7.06. The summed E-state index contributed by atoms with van der Waals surface area (Å²) < 4.78 is 5.59. The second-order valence-electron chi connectivity index (χ2n) is 7.06. The van der Waals surface area contributed by atoms with Gasteiger partial charge in [0.05, 0.1) is 12.2 Å². The highest BCUT2D eigenvalue weighted by Gasteiger charge is 2.31. The van der Waals surface area contributed by atoms with E-state index in [2.05, 4.69) is 10.6 Å². The Labute approximate surface area is 170 Å². The van der Waals surface area contributed by atoms with Crippen molar-refractivity contribution in [2.75, 3.05) is 23.3 Å². The topological polar surface area (TPSA) is 87.7 Å². The normalized spacial score (nSPS) is 15.3. The summed E-state index contributed by atoms with van der Waals surface area (Å²) in [5, 5.41) is 5.44. The number of anilines is 2. The van der Waals surface area contributed by atoms with Crippen LogP contribution in [0.15, 0.2) is 42.5 Å². The van der Waals surface area contributed by atoms with E-state index in [4.69, 9.17) is 4.74 Å². The van der Waals surface area contributed by atoms with Crippen molar-refractivity contribution in [3.63, 3.8) is 0 Å². The Kier molecular flexibility index (Phi) is 6.16. The van der Waals surface area contributed by atoms with Crippen molar-refractivity contribution in [1.82, 2.24) is 5.32 Å². The highest BCUT2D eigenvalue weighted by molar-refractivity contribution is 6.00. The maximum absolute atomic E-state index is 12.4. The van der Waals surface area contributed by atoms with Crippen LogP contribution in [0.4, 0.5) is 11.4 Å². The number of amides is 3. The summed E-state index contributed by atoms with van der Waals surface area (Å²) in [6, 6.07) is 13.0. The van der Waals surface area contributed by atoms with E-state index in [-0.39, 0.29) is 37.2 Å². The first-order valence-electron chi connectivity index (χ1n) is 9.56. The Morgan fingerprint density at radius 1 is 1.03 bits per heavy atom. The Morgan fingerprint density at radius 3 is 2.45 bits per heavy atom. The van der Waals surface area contributed by atoms with Crippen LogP contribution in [-0.2, 0) is 14.4 Å². The van der Waals surface area contributed by atoms with E-state index in [0.717, 1.165) is 16.8 Å². The highest BCUT2D eigenvalue weighted by atomic mass is 16.5. The molecule has 0 radical (unpaired) electrons. The lowest BCUT2D eigenvalue weighted by Gasteiger charge is -2.32. The Bertz CT molecular complexity index is 921. The first-order chi connectivity index (χ1) is 13.9. The summed E-state index contributed by atoms with van der Waals surface area (Å²) in [6.07, 6.45) is -0.514. The summed E-state index contributed by atoms with van der Waals surface area (Å²) in [6.45, 7) is 5.60. The molecule has 2 aromatic carbocycles. The van der Waals surface area contributed by atoms with Crippen LogP contribution >= 0.6 is 0 Å². The SMILES string of the molecule is Cc1cccc(C)c1NC(=O)CNC(=O)CCN1C(=O)[C@@H](C)Oc2ccccc21. The fraction of sp³-hybridized carbons (Fsp3) is 0.318. The molecule has 7 heteroatoms. The largest absolute Gasteiger partial charge is 0.479 e. The molecule has 0 aliphatic carbocycles. The number of aryl methyl sites for hydroxylation is 2. The standard InChI is InChI=1S/C22H25N3O4/c1-14-7-6-8-15(2)21(14)24-20(27)13-23-19(26)11-12-25-17-9-4-5-10-18(17)29-16(3)22(25)28/h4-10,16H,11-13H2,1-3H3,(H,23,26)(H,24,27)/t16-/m1/s1. The maximum Gasteiger partial charge on any atom is 0.267 e. The zero-order valence-electron chi connectivity index (χ0n) is 16.8. The molecular weight excluding hydrogens is 370 g/mol. The van der Waals surface area contributed by atoms with Gasteiger partial charge in [-0.25, -0.2) is 0 Å². The monoisotopic (exact) mass is 395 g/mol. The molecule has 0 aromatic heterocycles. The number of para-hydroxylation sites is 3. The molecule has 2 aromatic rings. The summed E-state index contributed by atoms with van der Waals surface area (Å²) in [5.74, 6) is -0.166. The van der Waals surface area contributed by atoms with Gasteiger partial charge in [0.1, 0.15) is 5.75 Å². The molecule has 1 heterocycles. The average molecular weight is 395 g/mol. The summed E-state index contributed by atoms with van der Waals surface area (Å²) in [7, 11) is 0. The first kappa shape index (κ1) is 20.4. The van der Waals surface area contributed by atoms with Gasteiger partial charge in [0.2, 0.25) is 11.8 Å². The van der Waals surface area contributed by atoms with Gasteiger partial charge in [0.25, 0.3) is 5.91 Å². The molecule has 3 amide bonds. The average Bonchev–Trinajstić information content (AvgIpc) is 2.69. The van der Waals surface area contributed by atoms with Gasteiger partial charge in [-0.15, -0.1) is 0 Å². The predicted molar refractivity (Wildman–Crippen MR) is 111 cm³/mol. The minimum Gasteiger partial charge on any atom is -0.479 e. The van der Waals surface area contributed by atoms with Gasteiger partial charge in [0.15, 0.2) is 6.10 Å². The van der Waals surface area contributed by atoms with Gasteiger partial charge in [-0.05, 0) is 44.0 Å². The molecule has 0 fully saturated rings. The number of nitrogens with zero attached hydrogens (tertiary/aromatic N) is 1. The van der Waals surface area contributed by atoms with Gasteiger partial charge < -0.3 is 20.3 Å². The molecule has 0 saturated carbocycles. The third kappa shape index (κ3) is 4.74. The molecule has 152 valence electrons. The molecule has 0 unspecified atom stereocenters. The van der Waals surface area contributed by atoms with E-state index in [1.807, 2.05) is 44.2 Å². The quantitative estimate of drug-likeness (QED) is 0.787. The summed E-state index contributed by atoms with van der Waals surface area (Å²) >= 11 is 0. The lowest BCUT2D eigenvalue weighted by Crippen LogP contribution is -2.46. The number of hydrogen-bond donors (Lipinski definition) is 2. The van der Waals surface area contributed by atoms with Crippen LogP contribution in [0.1, 0.15) is 24.5 Å². The number of hydrogen-bond acceptors (Lipinski definition) is 4. The van der Waals surface area contributed by atoms with Gasteiger partial charge >= 0.3 is 0 Å². The van der Waals surface area contributed by atoms with Gasteiger partial charge in [-0.2, -0.15) is 0 Å². The van der Waals surface area contributed by atoms with Crippen molar-refractivity contribution in [3.05, 3.63) is 53.6 Å². The zero-order chi connectivity index (χ0) is 21.0. The van der Waals surface area contributed by atoms with Crippen LogP contribution in [0.3, 0.4) is 0 Å². The van der Waals surface area contributed by atoms with Crippen LogP contribution in [-0.4, -0.2) is 36.9 Å². The van der Waals surface area contributed by atoms with E-state index in [1.54, 1.807) is 24.0 Å². The molecule has 3 rings (SSSR count). The van der Waals surface area contributed by atoms with E-state index >= 15 is 0 Å². The third-order valence-electron chi connectivity index (χ3n) is 4.83. The molecule has 0 bridgehead atoms. The molecule has 0 saturated heterocycles. The summed E-state index contributed by atoms with van der Waals surface area (Å²) in [5.41, 5.74) is 3.33. The number of ether oxygens (including phenoxy) is 1. The molecule has 1 aliphatic rings. The molecule has 7 nitrogen and oxygen atoms in total. The van der Waals surface area contributed by atoms with Crippen molar-refractivity contribution in [1.29, 1.82) is 0 Å². The minimum absolute atomic E-state index is 0.0868. The number of rotatable bonds is 6. The Balaban J connectivity index is 1.53. The second kappa shape index (κ2) is 8.77. The molecule has 1 aliphatic heterocycles. The number of carbonyl (C=O) groups is 3. The third-order valence-corrected chi connectivity index (χ3v) is 4.83. The van der Waals surface area contributed by atoms with E-state index < -0.39 is 6.10 Å². The lowest BCUT2D eigenvalue weighted by molar-refractivity contribution is -0.126. The van der Waals surface area contributed by atoms with Crippen molar-refractivity contribution < 1.29 is 19.1 Å². The summed E-state index contributed by atoms with van der Waals surface area (Å²) in [4.78, 5) is 38.4. The van der Waals surface area contributed by atoms with Crippen molar-refractivity contribution in [2.45, 2.75) is 33.3 Å². The van der Waals surface area contributed by atoms with Crippen LogP contribution < -0.4 is 20.3 Å². The van der Waals surface area contributed by atoms with Gasteiger partial charge in [-0.3, -0.25) is 14.4 Å². The molecule has 2 N–H and O–H groups in total. The van der Waals surface area contributed by atoms with E-state index in [1.165, 1.54) is 0 Å². The van der Waals surface area contributed by atoms with Crippen molar-refractivity contribution in [2.24, 2.45) is 0 Å². The van der Waals surface area contributed by atoms with Crippen molar-refractivity contribution in [3.8, 4) is 5.75 Å². The predicted octanol–water partition coefficient (Wildman–Crippen LogP) is 2.56. The maximum atomic E-state index is 12.4. The van der Waals surface area contributed by atoms with E-state index in [0.29, 0.717) is 11.4 Å². The zero-order valence-corrected chi connectivity index (χ0v) is 16.8.